The van der Waals surface area contributed by atoms with Crippen molar-refractivity contribution >= 4 is 11.6 Å². The Hall–Kier alpha value is -1.36. The monoisotopic (exact) mass is 250 g/mol. The standard InChI is InChI=1S/C12H11ClN2O2/c13-10-4-1-3-9(12-16-7-8-17-12)11(10)15-6-2-5-14-15/h1-6,12H,7-8H2. The highest BCUT2D eigenvalue weighted by molar-refractivity contribution is 6.32. The molecule has 3 rings (SSSR count). The topological polar surface area (TPSA) is 36.3 Å². The van der Waals surface area contributed by atoms with Crippen molar-refractivity contribution in [2.24, 2.45) is 0 Å². The molecule has 17 heavy (non-hydrogen) atoms. The Bertz CT molecular complexity index is 507. The number of aromatic nitrogens is 2. The van der Waals surface area contributed by atoms with Crippen LogP contribution in [-0.4, -0.2) is 23.0 Å². The maximum atomic E-state index is 6.23. The van der Waals surface area contributed by atoms with E-state index in [1.807, 2.05) is 30.5 Å². The van der Waals surface area contributed by atoms with Crippen molar-refractivity contribution in [3.63, 3.8) is 0 Å². The van der Waals surface area contributed by atoms with E-state index >= 15 is 0 Å². The molecule has 1 fully saturated rings. The summed E-state index contributed by atoms with van der Waals surface area (Å²) in [6, 6.07) is 7.51. The number of para-hydroxylation sites is 1. The van der Waals surface area contributed by atoms with Crippen molar-refractivity contribution in [1.29, 1.82) is 0 Å². The summed E-state index contributed by atoms with van der Waals surface area (Å²) in [4.78, 5) is 0. The molecule has 0 unspecified atom stereocenters. The second-order valence-electron chi connectivity index (χ2n) is 3.70. The van der Waals surface area contributed by atoms with Crippen molar-refractivity contribution in [1.82, 2.24) is 9.78 Å². The Labute approximate surface area is 104 Å². The van der Waals surface area contributed by atoms with Gasteiger partial charge in [-0.3, -0.25) is 0 Å². The maximum absolute atomic E-state index is 6.23. The molecule has 0 atom stereocenters. The summed E-state index contributed by atoms with van der Waals surface area (Å²) in [5.41, 5.74) is 1.71. The number of hydrogen-bond donors (Lipinski definition) is 0. The first-order valence-electron chi connectivity index (χ1n) is 5.38. The van der Waals surface area contributed by atoms with Gasteiger partial charge in [0, 0.05) is 18.0 Å². The molecule has 1 aromatic heterocycles. The molecule has 88 valence electrons. The van der Waals surface area contributed by atoms with E-state index in [2.05, 4.69) is 5.10 Å². The summed E-state index contributed by atoms with van der Waals surface area (Å²) < 4.78 is 12.7. The average molecular weight is 251 g/mol. The fourth-order valence-corrected chi connectivity index (χ4v) is 2.17. The highest BCUT2D eigenvalue weighted by Crippen LogP contribution is 2.32. The number of nitrogens with zero attached hydrogens (tertiary/aromatic N) is 2. The molecule has 0 N–H and O–H groups in total. The van der Waals surface area contributed by atoms with Crippen molar-refractivity contribution in [2.75, 3.05) is 13.2 Å². The predicted molar refractivity (Wildman–Crippen MR) is 63.2 cm³/mol. The molecule has 0 amide bonds. The SMILES string of the molecule is Clc1cccc(C2OCCO2)c1-n1cccn1. The first kappa shape index (κ1) is 10.8. The number of ether oxygens (including phenoxy) is 2. The van der Waals surface area contributed by atoms with E-state index in [1.54, 1.807) is 10.9 Å². The summed E-state index contributed by atoms with van der Waals surface area (Å²) in [5, 5.41) is 4.83. The summed E-state index contributed by atoms with van der Waals surface area (Å²) in [6.07, 6.45) is 3.20. The third-order valence-electron chi connectivity index (χ3n) is 2.63. The van der Waals surface area contributed by atoms with E-state index in [4.69, 9.17) is 21.1 Å². The summed E-state index contributed by atoms with van der Waals surface area (Å²) >= 11 is 6.23. The zero-order valence-electron chi connectivity index (χ0n) is 9.04. The lowest BCUT2D eigenvalue weighted by Gasteiger charge is -2.15. The fraction of sp³-hybridized carbons (Fsp3) is 0.250. The third kappa shape index (κ3) is 1.95. The predicted octanol–water partition coefficient (Wildman–Crippen LogP) is 2.57. The van der Waals surface area contributed by atoms with Gasteiger partial charge < -0.3 is 9.47 Å². The Kier molecular flexibility index (Phi) is 2.84. The lowest BCUT2D eigenvalue weighted by molar-refractivity contribution is -0.0441. The van der Waals surface area contributed by atoms with Gasteiger partial charge in [-0.15, -0.1) is 0 Å². The van der Waals surface area contributed by atoms with Crippen molar-refractivity contribution < 1.29 is 9.47 Å². The van der Waals surface area contributed by atoms with E-state index in [-0.39, 0.29) is 6.29 Å². The van der Waals surface area contributed by atoms with Gasteiger partial charge in [0.2, 0.25) is 0 Å². The van der Waals surface area contributed by atoms with Crippen LogP contribution in [0.4, 0.5) is 0 Å². The molecule has 1 aromatic carbocycles. The maximum Gasteiger partial charge on any atom is 0.186 e. The van der Waals surface area contributed by atoms with Crippen LogP contribution in [0.25, 0.3) is 5.69 Å². The van der Waals surface area contributed by atoms with E-state index in [0.717, 1.165) is 11.3 Å². The number of hydrogen-bond acceptors (Lipinski definition) is 3. The van der Waals surface area contributed by atoms with Crippen molar-refractivity contribution in [3.05, 3.63) is 47.2 Å². The molecule has 2 heterocycles. The molecular formula is C12H11ClN2O2. The lowest BCUT2D eigenvalue weighted by Crippen LogP contribution is -2.06. The number of halogens is 1. The summed E-state index contributed by atoms with van der Waals surface area (Å²) in [7, 11) is 0. The summed E-state index contributed by atoms with van der Waals surface area (Å²) in [5.74, 6) is 0. The molecule has 0 spiro atoms. The minimum Gasteiger partial charge on any atom is -0.346 e. The van der Waals surface area contributed by atoms with Gasteiger partial charge >= 0.3 is 0 Å². The zero-order chi connectivity index (χ0) is 11.7. The molecule has 0 radical (unpaired) electrons. The average Bonchev–Trinajstić information content (AvgIpc) is 3.02. The van der Waals surface area contributed by atoms with Crippen molar-refractivity contribution in [2.45, 2.75) is 6.29 Å². The van der Waals surface area contributed by atoms with E-state index in [1.165, 1.54) is 0 Å². The van der Waals surface area contributed by atoms with E-state index in [0.29, 0.717) is 18.2 Å². The van der Waals surface area contributed by atoms with Crippen LogP contribution in [0, 0.1) is 0 Å². The number of rotatable bonds is 2. The molecule has 5 heteroatoms. The molecule has 1 aliphatic rings. The van der Waals surface area contributed by atoms with Crippen LogP contribution < -0.4 is 0 Å². The summed E-state index contributed by atoms with van der Waals surface area (Å²) in [6.45, 7) is 1.21. The van der Waals surface area contributed by atoms with Crippen LogP contribution in [0.5, 0.6) is 0 Å². The minimum atomic E-state index is -0.354. The Morgan fingerprint density at radius 2 is 2.06 bits per heavy atom. The van der Waals surface area contributed by atoms with Crippen molar-refractivity contribution in [3.8, 4) is 5.69 Å². The van der Waals surface area contributed by atoms with Gasteiger partial charge in [-0.2, -0.15) is 5.10 Å². The molecule has 1 aliphatic heterocycles. The highest BCUT2D eigenvalue weighted by Gasteiger charge is 2.23. The molecule has 2 aromatic rings. The normalized spacial score (nSPS) is 16.5. The van der Waals surface area contributed by atoms with Crippen LogP contribution in [0.15, 0.2) is 36.7 Å². The van der Waals surface area contributed by atoms with Crippen LogP contribution in [0.2, 0.25) is 5.02 Å². The second kappa shape index (κ2) is 4.49. The van der Waals surface area contributed by atoms with E-state index < -0.39 is 0 Å². The van der Waals surface area contributed by atoms with Gasteiger partial charge in [0.25, 0.3) is 0 Å². The van der Waals surface area contributed by atoms with Gasteiger partial charge in [0.05, 0.1) is 23.9 Å². The van der Waals surface area contributed by atoms with Gasteiger partial charge in [-0.1, -0.05) is 23.7 Å². The van der Waals surface area contributed by atoms with Crippen LogP contribution in [-0.2, 0) is 9.47 Å². The fourth-order valence-electron chi connectivity index (χ4n) is 1.90. The van der Waals surface area contributed by atoms with Gasteiger partial charge in [0.1, 0.15) is 0 Å². The minimum absolute atomic E-state index is 0.354. The quantitative estimate of drug-likeness (QED) is 0.822. The molecule has 1 saturated heterocycles. The third-order valence-corrected chi connectivity index (χ3v) is 2.93. The first-order valence-corrected chi connectivity index (χ1v) is 5.76. The highest BCUT2D eigenvalue weighted by atomic mass is 35.5. The largest absolute Gasteiger partial charge is 0.346 e. The van der Waals surface area contributed by atoms with Crippen LogP contribution in [0.1, 0.15) is 11.9 Å². The van der Waals surface area contributed by atoms with Gasteiger partial charge in [-0.05, 0) is 12.1 Å². The second-order valence-corrected chi connectivity index (χ2v) is 4.11. The molecular weight excluding hydrogens is 240 g/mol. The molecule has 4 nitrogen and oxygen atoms in total. The van der Waals surface area contributed by atoms with E-state index in [9.17, 15) is 0 Å². The van der Waals surface area contributed by atoms with Crippen LogP contribution in [0.3, 0.4) is 0 Å². The first-order chi connectivity index (χ1) is 8.36. The lowest BCUT2D eigenvalue weighted by atomic mass is 10.1. The Balaban J connectivity index is 2.11. The Morgan fingerprint density at radius 3 is 2.76 bits per heavy atom. The molecule has 0 aliphatic carbocycles. The number of benzene rings is 1. The molecule has 0 saturated carbocycles. The smallest absolute Gasteiger partial charge is 0.186 e. The molecule has 0 bridgehead atoms. The van der Waals surface area contributed by atoms with Gasteiger partial charge in [0.15, 0.2) is 6.29 Å². The Morgan fingerprint density at radius 1 is 1.24 bits per heavy atom. The van der Waals surface area contributed by atoms with Crippen LogP contribution >= 0.6 is 11.6 Å². The zero-order valence-corrected chi connectivity index (χ0v) is 9.80. The van der Waals surface area contributed by atoms with Gasteiger partial charge in [-0.25, -0.2) is 4.68 Å².